The van der Waals surface area contributed by atoms with Crippen molar-refractivity contribution in [3.05, 3.63) is 60.7 Å². The van der Waals surface area contributed by atoms with Gasteiger partial charge in [-0.15, -0.1) is 0 Å². The molecule has 2 nitrogen and oxygen atoms in total. The summed E-state index contributed by atoms with van der Waals surface area (Å²) in [4.78, 5) is 0. The van der Waals surface area contributed by atoms with Crippen LogP contribution in [0.2, 0.25) is 0 Å². The molecule has 0 atom stereocenters. The van der Waals surface area contributed by atoms with Gasteiger partial charge in [0.1, 0.15) is 0 Å². The first-order chi connectivity index (χ1) is 8.45. The molecule has 0 aliphatic heterocycles. The molecule has 0 amide bonds. The van der Waals surface area contributed by atoms with E-state index in [4.69, 9.17) is 0 Å². The Hall–Kier alpha value is -0.660. The van der Waals surface area contributed by atoms with Crippen molar-refractivity contribution >= 4 is 50.3 Å². The zero-order chi connectivity index (χ0) is 13.4. The second-order valence-electron chi connectivity index (χ2n) is 3.26. The van der Waals surface area contributed by atoms with Crippen molar-refractivity contribution < 1.29 is 4.57 Å². The summed E-state index contributed by atoms with van der Waals surface area (Å²) in [5, 5.41) is 0.0817. The third-order valence-electron chi connectivity index (χ3n) is 1.84. The average Bonchev–Trinajstić information content (AvgIpc) is 2.29. The summed E-state index contributed by atoms with van der Waals surface area (Å²) in [5.74, 6) is 0. The lowest BCUT2D eigenvalue weighted by Crippen LogP contribution is -1.87. The first-order valence-corrected chi connectivity index (χ1v) is 9.43. The summed E-state index contributed by atoms with van der Waals surface area (Å²) in [5.41, 5.74) is 2.24. The van der Waals surface area contributed by atoms with Crippen LogP contribution in [0.3, 0.4) is 0 Å². The van der Waals surface area contributed by atoms with Crippen molar-refractivity contribution in [2.45, 2.75) is 0 Å². The van der Waals surface area contributed by atoms with Crippen LogP contribution >= 0.6 is 38.9 Å². The van der Waals surface area contributed by atoms with E-state index in [0.717, 1.165) is 11.4 Å². The Morgan fingerprint density at radius 1 is 0.722 bits per heavy atom. The van der Waals surface area contributed by atoms with Crippen LogP contribution in [0.15, 0.2) is 60.7 Å². The summed E-state index contributed by atoms with van der Waals surface area (Å²) in [6.45, 7) is 0. The number of hydrogen-bond acceptors (Lipinski definition) is 2. The van der Waals surface area contributed by atoms with Gasteiger partial charge in [0.15, 0.2) is 0 Å². The fourth-order valence-electron chi connectivity index (χ4n) is 1.21. The largest absolute Gasteiger partial charge is 0.356 e. The van der Waals surface area contributed by atoms with Gasteiger partial charge < -0.3 is 5.32 Å². The summed E-state index contributed by atoms with van der Waals surface area (Å²) in [6, 6.07) is 20.3. The Kier molecular flexibility index (Phi) is 6.59. The first-order valence-electron chi connectivity index (χ1n) is 5.01. The zero-order valence-corrected chi connectivity index (χ0v) is 12.4. The molecule has 0 saturated heterocycles. The quantitative estimate of drug-likeness (QED) is 0.663. The molecule has 0 unspecified atom stereocenters. The van der Waals surface area contributed by atoms with E-state index in [1.165, 1.54) is 0 Å². The van der Waals surface area contributed by atoms with Gasteiger partial charge in [0.2, 0.25) is 0 Å². The Bertz CT molecular complexity index is 455. The minimum Gasteiger partial charge on any atom is -0.356 e. The van der Waals surface area contributed by atoms with Gasteiger partial charge in [0, 0.05) is 11.4 Å². The summed E-state index contributed by atoms with van der Waals surface area (Å²) in [7, 11) is 0. The van der Waals surface area contributed by atoms with Crippen molar-refractivity contribution in [1.82, 2.24) is 0 Å². The Balaban J connectivity index is 0.000000280. The van der Waals surface area contributed by atoms with Crippen LogP contribution < -0.4 is 5.32 Å². The van der Waals surface area contributed by atoms with Gasteiger partial charge in [-0.2, -0.15) is 0 Å². The highest BCUT2D eigenvalue weighted by Crippen LogP contribution is 2.61. The van der Waals surface area contributed by atoms with E-state index < -0.39 is 5.20 Å². The van der Waals surface area contributed by atoms with Gasteiger partial charge in [0.25, 0.3) is 0 Å². The van der Waals surface area contributed by atoms with Gasteiger partial charge in [-0.1, -0.05) is 36.4 Å². The predicted octanol–water partition coefficient (Wildman–Crippen LogP) is 6.24. The van der Waals surface area contributed by atoms with Crippen molar-refractivity contribution in [2.75, 3.05) is 5.32 Å². The van der Waals surface area contributed by atoms with Crippen LogP contribution in [0, 0.1) is 0 Å². The second-order valence-corrected chi connectivity index (χ2v) is 9.90. The Morgan fingerprint density at radius 2 is 1.00 bits per heavy atom. The lowest BCUT2D eigenvalue weighted by molar-refractivity contribution is 0.600. The molecule has 0 heterocycles. The Labute approximate surface area is 121 Å². The summed E-state index contributed by atoms with van der Waals surface area (Å²) < 4.78 is 9.51. The predicted molar refractivity (Wildman–Crippen MR) is 81.3 cm³/mol. The highest BCUT2D eigenvalue weighted by atomic mass is 36.0. The van der Waals surface area contributed by atoms with E-state index in [1.807, 2.05) is 60.7 Å². The highest BCUT2D eigenvalue weighted by Gasteiger charge is 2.02. The van der Waals surface area contributed by atoms with Crippen LogP contribution in [0.4, 0.5) is 11.4 Å². The molecule has 18 heavy (non-hydrogen) atoms. The average molecular weight is 323 g/mol. The van der Waals surface area contributed by atoms with Gasteiger partial charge in [-0.3, -0.25) is 4.57 Å². The smallest absolute Gasteiger partial charge is 0.339 e. The maximum Gasteiger partial charge on any atom is 0.339 e. The van der Waals surface area contributed by atoms with Crippen molar-refractivity contribution in [3.63, 3.8) is 0 Å². The van der Waals surface area contributed by atoms with Gasteiger partial charge >= 0.3 is 5.20 Å². The molecule has 0 aromatic heterocycles. The van der Waals surface area contributed by atoms with E-state index in [1.54, 1.807) is 0 Å². The van der Waals surface area contributed by atoms with Crippen LogP contribution in [0.1, 0.15) is 0 Å². The molecule has 0 radical (unpaired) electrons. The lowest BCUT2D eigenvalue weighted by atomic mass is 10.3. The van der Waals surface area contributed by atoms with Crippen molar-refractivity contribution in [2.24, 2.45) is 0 Å². The molecular weight excluding hydrogens is 311 g/mol. The summed E-state index contributed by atoms with van der Waals surface area (Å²) in [6.07, 6.45) is 0. The van der Waals surface area contributed by atoms with Crippen LogP contribution in [0.25, 0.3) is 0 Å². The van der Waals surface area contributed by atoms with Gasteiger partial charge in [-0.25, -0.2) is 0 Å². The molecule has 0 saturated carbocycles. The number of rotatable bonds is 2. The van der Waals surface area contributed by atoms with E-state index >= 15 is 0 Å². The molecule has 96 valence electrons. The molecule has 0 aliphatic rings. The van der Waals surface area contributed by atoms with Crippen molar-refractivity contribution in [1.29, 1.82) is 0 Å². The van der Waals surface area contributed by atoms with Gasteiger partial charge in [-0.05, 0) is 58.0 Å². The topological polar surface area (TPSA) is 29.1 Å². The maximum atomic E-state index is 9.51. The van der Waals surface area contributed by atoms with E-state index in [2.05, 4.69) is 39.0 Å². The minimum atomic E-state index is -3.22. The fourth-order valence-corrected chi connectivity index (χ4v) is 1.21. The Morgan fingerprint density at radius 3 is 1.28 bits per heavy atom. The molecule has 0 fully saturated rings. The zero-order valence-electron chi connectivity index (χ0n) is 9.26. The molecule has 0 spiro atoms. The van der Waals surface area contributed by atoms with E-state index in [-0.39, 0.29) is 0 Å². The number of nitrogens with one attached hydrogen (secondary N) is 1. The number of para-hydroxylation sites is 2. The normalized spacial score (nSPS) is 10.2. The van der Waals surface area contributed by atoms with Crippen LogP contribution in [-0.2, 0) is 4.57 Å². The molecule has 2 aromatic rings. The number of anilines is 2. The molecule has 2 aromatic carbocycles. The van der Waals surface area contributed by atoms with E-state index in [9.17, 15) is 4.57 Å². The maximum absolute atomic E-state index is 9.51. The lowest BCUT2D eigenvalue weighted by Gasteiger charge is -2.04. The van der Waals surface area contributed by atoms with Crippen LogP contribution in [-0.4, -0.2) is 0 Å². The summed E-state index contributed by atoms with van der Waals surface area (Å²) >= 11 is 13.8. The van der Waals surface area contributed by atoms with Crippen LogP contribution in [0.5, 0.6) is 0 Å². The SMILES string of the molecule is O=P(Cl)(Cl)Cl.c1ccc(Nc2ccccc2)cc1. The molecule has 6 heteroatoms. The molecule has 0 bridgehead atoms. The monoisotopic (exact) mass is 321 g/mol. The molecule has 0 aliphatic carbocycles. The highest BCUT2D eigenvalue weighted by molar-refractivity contribution is 8.24. The van der Waals surface area contributed by atoms with Gasteiger partial charge in [0.05, 0.1) is 0 Å². The standard InChI is InChI=1S/C12H11N.Cl3OP/c1-3-7-11(8-4-1)13-12-9-5-2-6-10-12;1-5(2,3)4/h1-10,13H;. The third-order valence-corrected chi connectivity index (χ3v) is 1.84. The molecular formula is C12H11Cl3NOP. The molecule has 1 N–H and O–H groups in total. The number of hydrogen-bond donors (Lipinski definition) is 1. The second kappa shape index (κ2) is 7.70. The number of halogens is 3. The number of benzene rings is 2. The molecule has 2 rings (SSSR count). The van der Waals surface area contributed by atoms with E-state index in [0.29, 0.717) is 0 Å². The minimum absolute atomic E-state index is 1.12. The fraction of sp³-hybridized carbons (Fsp3) is 0. The van der Waals surface area contributed by atoms with Crippen molar-refractivity contribution in [3.8, 4) is 0 Å². The first kappa shape index (κ1) is 15.4. The third kappa shape index (κ3) is 8.43.